The number of hydrogen-bond acceptors (Lipinski definition) is 9. The van der Waals surface area contributed by atoms with Crippen LogP contribution in [0.2, 0.25) is 0 Å². The number of aliphatic imine (C=N–C) groups is 3. The molecular weight excluding hydrogens is 539 g/mol. The maximum atomic E-state index is 9.70. The molecule has 0 atom stereocenters. The number of hydrogen-bond donors (Lipinski definition) is 5. The molecule has 0 bridgehead atoms. The summed E-state index contributed by atoms with van der Waals surface area (Å²) >= 11 is 0. The van der Waals surface area contributed by atoms with Crippen LogP contribution in [0.25, 0.3) is 0 Å². The quantitative estimate of drug-likeness (QED) is 0.167. The first-order valence-corrected chi connectivity index (χ1v) is 13.3. The maximum Gasteiger partial charge on any atom is 0.242 e. The van der Waals surface area contributed by atoms with E-state index in [-0.39, 0.29) is 11.5 Å². The van der Waals surface area contributed by atoms with Crippen LogP contribution < -0.4 is 16.1 Å². The van der Waals surface area contributed by atoms with Crippen molar-refractivity contribution in [1.82, 2.24) is 10.3 Å². The highest BCUT2D eigenvalue weighted by Crippen LogP contribution is 2.27. The molecule has 222 valence electrons. The molecule has 0 radical (unpaired) electrons. The number of nitrogens with one attached hydrogen (secondary N) is 3. The molecule has 5 N–H and O–H groups in total. The number of alkyl halides is 1. The average Bonchev–Trinajstić information content (AvgIpc) is 3.38. The van der Waals surface area contributed by atoms with Crippen molar-refractivity contribution in [3.8, 4) is 11.5 Å². The fourth-order valence-electron chi connectivity index (χ4n) is 3.96. The third-order valence-corrected chi connectivity index (χ3v) is 5.85. The highest BCUT2D eigenvalue weighted by atomic mass is 19.1. The van der Waals surface area contributed by atoms with Gasteiger partial charge in [0.15, 0.2) is 0 Å². The topological polar surface area (TPSA) is 138 Å². The first-order chi connectivity index (χ1) is 20.6. The molecule has 1 saturated heterocycles. The molecule has 42 heavy (non-hydrogen) atoms. The lowest BCUT2D eigenvalue weighted by Crippen LogP contribution is -2.26. The Hall–Kier alpha value is -4.81. The molecule has 4 rings (SSSR count). The summed E-state index contributed by atoms with van der Waals surface area (Å²) in [4.78, 5) is 15.0. The van der Waals surface area contributed by atoms with E-state index in [4.69, 9.17) is 4.74 Å². The van der Waals surface area contributed by atoms with Gasteiger partial charge in [-0.15, -0.1) is 0 Å². The van der Waals surface area contributed by atoms with Crippen LogP contribution in [0.4, 0.5) is 21.5 Å². The number of allylic oxidation sites excluding steroid dienone is 2. The Morgan fingerprint density at radius 1 is 1.05 bits per heavy atom. The number of phenols is 2. The van der Waals surface area contributed by atoms with Crippen molar-refractivity contribution in [3.05, 3.63) is 78.7 Å². The number of benzene rings is 2. The molecule has 1 fully saturated rings. The summed E-state index contributed by atoms with van der Waals surface area (Å²) < 4.78 is 15.0. The minimum atomic E-state index is -0.0176. The largest absolute Gasteiger partial charge is 0.508 e. The van der Waals surface area contributed by atoms with Crippen molar-refractivity contribution in [2.24, 2.45) is 20.1 Å². The molecule has 2 aliphatic heterocycles. The Balaban J connectivity index is 0.00000237. The number of rotatable bonds is 9. The molecule has 11 nitrogen and oxygen atoms in total. The van der Waals surface area contributed by atoms with Gasteiger partial charge in [0.1, 0.15) is 11.5 Å². The average molecular weight is 577 g/mol. The molecule has 0 aromatic heterocycles. The van der Waals surface area contributed by atoms with Crippen LogP contribution in [0, 0.1) is 0 Å². The van der Waals surface area contributed by atoms with Crippen LogP contribution in [0.1, 0.15) is 6.42 Å². The summed E-state index contributed by atoms with van der Waals surface area (Å²) in [7, 11) is 0.500. The fraction of sp³-hybridized carbons (Fsp3) is 0.267. The number of nitrogens with zero attached hydrogens (tertiary/aromatic N) is 5. The Kier molecular flexibility index (Phi) is 13.4. The van der Waals surface area contributed by atoms with E-state index in [2.05, 4.69) is 47.8 Å². The van der Waals surface area contributed by atoms with E-state index in [1.807, 2.05) is 48.6 Å². The van der Waals surface area contributed by atoms with Crippen molar-refractivity contribution in [2.45, 2.75) is 6.42 Å². The van der Waals surface area contributed by atoms with E-state index in [0.29, 0.717) is 31.1 Å². The molecule has 0 unspecified atom stereocenters. The van der Waals surface area contributed by atoms with Gasteiger partial charge in [0.25, 0.3) is 0 Å². The second-order valence-corrected chi connectivity index (χ2v) is 8.96. The zero-order chi connectivity index (χ0) is 30.0. The molecular formula is C30H37FN8O3. The minimum Gasteiger partial charge on any atom is -0.508 e. The highest BCUT2D eigenvalue weighted by molar-refractivity contribution is 6.36. The number of guanidine groups is 1. The molecule has 2 aliphatic rings. The summed E-state index contributed by atoms with van der Waals surface area (Å²) in [5, 5.41) is 30.1. The van der Waals surface area contributed by atoms with E-state index in [9.17, 15) is 14.6 Å². The van der Waals surface area contributed by atoms with E-state index < -0.39 is 0 Å². The number of ether oxygens (including phenoxy) is 1. The van der Waals surface area contributed by atoms with Crippen molar-refractivity contribution >= 4 is 41.7 Å². The van der Waals surface area contributed by atoms with Crippen LogP contribution in [0.5, 0.6) is 11.5 Å². The lowest BCUT2D eigenvalue weighted by atomic mass is 10.2. The Labute approximate surface area is 245 Å². The number of aromatic hydroxyl groups is 2. The maximum absolute atomic E-state index is 9.70. The SMILES string of the molecule is C=NC(=N/C=C\CN1CCCOCC1)N/N=C/C1=NCC=C(Nc2cccc(Nc3cc(O)cc(O)c3)c2)C=C1.CF. The van der Waals surface area contributed by atoms with Crippen LogP contribution >= 0.6 is 0 Å². The zero-order valence-electron chi connectivity index (χ0n) is 23.6. The van der Waals surface area contributed by atoms with Gasteiger partial charge in [-0.25, -0.2) is 15.4 Å². The van der Waals surface area contributed by atoms with Gasteiger partial charge in [-0.2, -0.15) is 5.10 Å². The predicted molar refractivity (Wildman–Crippen MR) is 169 cm³/mol. The summed E-state index contributed by atoms with van der Waals surface area (Å²) in [6.45, 7) is 8.33. The van der Waals surface area contributed by atoms with Crippen LogP contribution in [-0.4, -0.2) is 86.3 Å². The molecule has 0 aliphatic carbocycles. The molecule has 2 aromatic rings. The van der Waals surface area contributed by atoms with Gasteiger partial charge < -0.3 is 25.6 Å². The minimum absolute atomic E-state index is 0.0176. The third kappa shape index (κ3) is 11.4. The van der Waals surface area contributed by atoms with Gasteiger partial charge in [0, 0.05) is 73.4 Å². The van der Waals surface area contributed by atoms with Gasteiger partial charge in [0.2, 0.25) is 5.96 Å². The van der Waals surface area contributed by atoms with Crippen LogP contribution in [-0.2, 0) is 4.74 Å². The molecule has 0 amide bonds. The monoisotopic (exact) mass is 576 g/mol. The first-order valence-electron chi connectivity index (χ1n) is 13.3. The number of anilines is 3. The number of phenolic OH excluding ortho intramolecular Hbond substituents is 2. The van der Waals surface area contributed by atoms with Crippen molar-refractivity contribution in [2.75, 3.05) is 57.2 Å². The lowest BCUT2D eigenvalue weighted by Gasteiger charge is -2.15. The van der Waals surface area contributed by atoms with Gasteiger partial charge in [-0.05, 0) is 49.6 Å². The number of halogens is 1. The molecule has 0 saturated carbocycles. The smallest absolute Gasteiger partial charge is 0.242 e. The second-order valence-electron chi connectivity index (χ2n) is 8.96. The Morgan fingerprint density at radius 2 is 1.83 bits per heavy atom. The summed E-state index contributed by atoms with van der Waals surface area (Å²) in [6.07, 6.45) is 12.1. The van der Waals surface area contributed by atoms with E-state index >= 15 is 0 Å². The normalized spacial score (nSPS) is 16.1. The van der Waals surface area contributed by atoms with Gasteiger partial charge in [-0.3, -0.25) is 14.3 Å². The number of hydrazone groups is 1. The first kappa shape index (κ1) is 31.7. The Morgan fingerprint density at radius 3 is 2.62 bits per heavy atom. The van der Waals surface area contributed by atoms with E-state index in [0.717, 1.165) is 56.3 Å². The van der Waals surface area contributed by atoms with Gasteiger partial charge in [-0.1, -0.05) is 12.1 Å². The summed E-state index contributed by atoms with van der Waals surface area (Å²) in [6, 6.07) is 12.0. The fourth-order valence-corrected chi connectivity index (χ4v) is 3.96. The molecule has 2 aromatic carbocycles. The summed E-state index contributed by atoms with van der Waals surface area (Å²) in [5.41, 5.74) is 6.58. The van der Waals surface area contributed by atoms with Crippen molar-refractivity contribution < 1.29 is 19.3 Å². The highest BCUT2D eigenvalue weighted by Gasteiger charge is 2.07. The Bertz CT molecular complexity index is 1330. The lowest BCUT2D eigenvalue weighted by molar-refractivity contribution is 0.143. The van der Waals surface area contributed by atoms with E-state index in [1.165, 1.54) is 18.2 Å². The van der Waals surface area contributed by atoms with Crippen molar-refractivity contribution in [1.29, 1.82) is 0 Å². The van der Waals surface area contributed by atoms with Crippen molar-refractivity contribution in [3.63, 3.8) is 0 Å². The molecule has 12 heteroatoms. The van der Waals surface area contributed by atoms with Crippen LogP contribution in [0.15, 0.2) is 98.7 Å². The second kappa shape index (κ2) is 17.8. The third-order valence-electron chi connectivity index (χ3n) is 5.85. The predicted octanol–water partition coefficient (Wildman–Crippen LogP) is 4.60. The van der Waals surface area contributed by atoms with Gasteiger partial charge in [0.05, 0.1) is 32.3 Å². The zero-order valence-corrected chi connectivity index (χ0v) is 23.6. The van der Waals surface area contributed by atoms with Gasteiger partial charge >= 0.3 is 0 Å². The molecule has 2 heterocycles. The van der Waals surface area contributed by atoms with Crippen LogP contribution in [0.3, 0.4) is 0 Å². The standard InChI is InChI=1S/C29H34N8O3.CH3F/c1-30-29(32-10-3-12-37-13-4-15-40-16-14-37)36-33-21-25-8-7-22(9-11-31-25)34-23-5-2-6-24(17-23)35-26-18-27(38)20-28(39)19-26;1-2/h2-3,5-10,17-21,34-35,38-39H,1,4,11-16H2,(H,32,36);1H3/b10-3-,33-21+;. The molecule has 0 spiro atoms. The van der Waals surface area contributed by atoms with E-state index in [1.54, 1.807) is 12.4 Å². The summed E-state index contributed by atoms with van der Waals surface area (Å²) in [5.74, 6) is 0.256.